The normalized spacial score (nSPS) is 12.5. The number of rotatable bonds is 2. The van der Waals surface area contributed by atoms with Crippen LogP contribution in [0.15, 0.2) is 29.0 Å². The Labute approximate surface area is 125 Å². The van der Waals surface area contributed by atoms with E-state index in [0.29, 0.717) is 10.7 Å². The zero-order chi connectivity index (χ0) is 14.2. The number of nitrogens with zero attached hydrogens (tertiary/aromatic N) is 1. The maximum Gasteiger partial charge on any atom is 0.166 e. The molecule has 0 fully saturated rings. The van der Waals surface area contributed by atoms with E-state index < -0.39 is 28.4 Å². The standard InChI is InChI=1S/C12H5BrCl2F3N/c13-9-3-5(6(14)4-19-9)11(15)10-7(16)1-2-8(17)12(10)18/h1-4,11H. The molecule has 1 nitrogen and oxygen atoms in total. The van der Waals surface area contributed by atoms with Crippen molar-refractivity contribution in [3.8, 4) is 0 Å². The third-order valence-electron chi connectivity index (χ3n) is 2.46. The van der Waals surface area contributed by atoms with Crippen LogP contribution < -0.4 is 0 Å². The van der Waals surface area contributed by atoms with Gasteiger partial charge in [-0.3, -0.25) is 0 Å². The van der Waals surface area contributed by atoms with Crippen molar-refractivity contribution < 1.29 is 13.2 Å². The molecule has 1 heterocycles. The summed E-state index contributed by atoms with van der Waals surface area (Å²) in [6.45, 7) is 0. The van der Waals surface area contributed by atoms with Gasteiger partial charge in [-0.05, 0) is 39.7 Å². The van der Waals surface area contributed by atoms with Gasteiger partial charge in [0.1, 0.15) is 10.4 Å². The highest BCUT2D eigenvalue weighted by Crippen LogP contribution is 2.37. The van der Waals surface area contributed by atoms with Crippen molar-refractivity contribution in [1.29, 1.82) is 0 Å². The lowest BCUT2D eigenvalue weighted by molar-refractivity contribution is 0.481. The van der Waals surface area contributed by atoms with Crippen molar-refractivity contribution in [1.82, 2.24) is 4.98 Å². The first-order valence-electron chi connectivity index (χ1n) is 5.00. The fourth-order valence-corrected chi connectivity index (χ4v) is 2.55. The second-order valence-electron chi connectivity index (χ2n) is 3.65. The van der Waals surface area contributed by atoms with Crippen LogP contribution in [0.2, 0.25) is 5.02 Å². The van der Waals surface area contributed by atoms with Gasteiger partial charge in [-0.15, -0.1) is 11.6 Å². The van der Waals surface area contributed by atoms with Crippen molar-refractivity contribution in [2.24, 2.45) is 0 Å². The van der Waals surface area contributed by atoms with E-state index in [0.717, 1.165) is 6.07 Å². The molecule has 0 aliphatic heterocycles. The largest absolute Gasteiger partial charge is 0.248 e. The summed E-state index contributed by atoms with van der Waals surface area (Å²) in [5.41, 5.74) is -0.352. The Morgan fingerprint density at radius 2 is 1.79 bits per heavy atom. The Morgan fingerprint density at radius 3 is 2.47 bits per heavy atom. The minimum Gasteiger partial charge on any atom is -0.248 e. The second kappa shape index (κ2) is 5.69. The van der Waals surface area contributed by atoms with Gasteiger partial charge >= 0.3 is 0 Å². The number of alkyl halides is 1. The average molecular weight is 371 g/mol. The minimum absolute atomic E-state index is 0.131. The van der Waals surface area contributed by atoms with Crippen LogP contribution in [-0.4, -0.2) is 4.98 Å². The molecular formula is C12H5BrCl2F3N. The summed E-state index contributed by atoms with van der Waals surface area (Å²) in [4.78, 5) is 3.84. The van der Waals surface area contributed by atoms with Crippen LogP contribution in [0.4, 0.5) is 13.2 Å². The van der Waals surface area contributed by atoms with E-state index in [-0.39, 0.29) is 10.6 Å². The minimum atomic E-state index is -1.33. The van der Waals surface area contributed by atoms with Gasteiger partial charge in [-0.2, -0.15) is 0 Å². The molecule has 1 aromatic carbocycles. The molecule has 100 valence electrons. The molecule has 0 amide bonds. The molecule has 0 spiro atoms. The van der Waals surface area contributed by atoms with Crippen molar-refractivity contribution >= 4 is 39.1 Å². The lowest BCUT2D eigenvalue weighted by Crippen LogP contribution is -2.04. The van der Waals surface area contributed by atoms with Crippen LogP contribution in [0.1, 0.15) is 16.5 Å². The summed E-state index contributed by atoms with van der Waals surface area (Å²) in [6, 6.07) is 2.93. The van der Waals surface area contributed by atoms with E-state index in [1.807, 2.05) is 0 Å². The highest BCUT2D eigenvalue weighted by Gasteiger charge is 2.24. The van der Waals surface area contributed by atoms with Crippen LogP contribution in [-0.2, 0) is 0 Å². The quantitative estimate of drug-likeness (QED) is 0.400. The van der Waals surface area contributed by atoms with Crippen LogP contribution in [0.3, 0.4) is 0 Å². The highest BCUT2D eigenvalue weighted by molar-refractivity contribution is 9.10. The van der Waals surface area contributed by atoms with Crippen LogP contribution in [0, 0.1) is 17.5 Å². The smallest absolute Gasteiger partial charge is 0.166 e. The SMILES string of the molecule is Fc1ccc(F)c(C(Cl)c2cc(Br)ncc2Cl)c1F. The van der Waals surface area contributed by atoms with E-state index in [2.05, 4.69) is 20.9 Å². The summed E-state index contributed by atoms with van der Waals surface area (Å²) in [7, 11) is 0. The number of halogens is 6. The van der Waals surface area contributed by atoms with Gasteiger partial charge in [0.15, 0.2) is 11.6 Å². The lowest BCUT2D eigenvalue weighted by Gasteiger charge is -2.14. The lowest BCUT2D eigenvalue weighted by atomic mass is 10.0. The van der Waals surface area contributed by atoms with Gasteiger partial charge < -0.3 is 0 Å². The Kier molecular flexibility index (Phi) is 4.38. The Balaban J connectivity index is 2.59. The molecule has 1 unspecified atom stereocenters. The van der Waals surface area contributed by atoms with Crippen molar-refractivity contribution in [3.63, 3.8) is 0 Å². The van der Waals surface area contributed by atoms with Crippen LogP contribution in [0.25, 0.3) is 0 Å². The first kappa shape index (κ1) is 14.6. The first-order chi connectivity index (χ1) is 8.91. The van der Waals surface area contributed by atoms with Gasteiger partial charge in [0, 0.05) is 11.8 Å². The first-order valence-corrected chi connectivity index (χ1v) is 6.61. The third kappa shape index (κ3) is 2.88. The Morgan fingerprint density at radius 1 is 1.16 bits per heavy atom. The summed E-state index contributed by atoms with van der Waals surface area (Å²) in [5.74, 6) is -3.45. The fraction of sp³-hybridized carbons (Fsp3) is 0.0833. The maximum absolute atomic E-state index is 13.7. The maximum atomic E-state index is 13.7. The predicted octanol–water partition coefficient (Wildman–Crippen LogP) is 5.24. The Bertz CT molecular complexity index is 637. The third-order valence-corrected chi connectivity index (χ3v) is 3.66. The topological polar surface area (TPSA) is 12.9 Å². The predicted molar refractivity (Wildman–Crippen MR) is 71.0 cm³/mol. The molecule has 0 saturated heterocycles. The molecule has 1 aromatic heterocycles. The number of aromatic nitrogens is 1. The molecule has 2 aromatic rings. The summed E-state index contributed by atoms with van der Waals surface area (Å²) < 4.78 is 40.9. The molecule has 0 bridgehead atoms. The van der Waals surface area contributed by atoms with Gasteiger partial charge in [0.25, 0.3) is 0 Å². The number of hydrogen-bond acceptors (Lipinski definition) is 1. The highest BCUT2D eigenvalue weighted by atomic mass is 79.9. The van der Waals surface area contributed by atoms with Gasteiger partial charge in [-0.25, -0.2) is 18.2 Å². The molecule has 0 aliphatic carbocycles. The summed E-state index contributed by atoms with van der Waals surface area (Å²) >= 11 is 15.0. The van der Waals surface area contributed by atoms with E-state index >= 15 is 0 Å². The fourth-order valence-electron chi connectivity index (χ4n) is 1.55. The number of benzene rings is 1. The zero-order valence-corrected chi connectivity index (χ0v) is 12.2. The molecular weight excluding hydrogens is 366 g/mol. The summed E-state index contributed by atoms with van der Waals surface area (Å²) in [5, 5.41) is -1.13. The second-order valence-corrected chi connectivity index (χ2v) is 5.30. The zero-order valence-electron chi connectivity index (χ0n) is 9.10. The molecule has 2 rings (SSSR count). The van der Waals surface area contributed by atoms with Crippen LogP contribution in [0.5, 0.6) is 0 Å². The molecule has 0 aliphatic rings. The van der Waals surface area contributed by atoms with E-state index in [9.17, 15) is 13.2 Å². The van der Waals surface area contributed by atoms with Crippen molar-refractivity contribution in [2.45, 2.75) is 5.38 Å². The van der Waals surface area contributed by atoms with Gasteiger partial charge in [0.05, 0.1) is 10.4 Å². The number of hydrogen-bond donors (Lipinski definition) is 0. The Hall–Kier alpha value is -0.780. The van der Waals surface area contributed by atoms with Gasteiger partial charge in [0.2, 0.25) is 0 Å². The van der Waals surface area contributed by atoms with Gasteiger partial charge in [-0.1, -0.05) is 11.6 Å². The van der Waals surface area contributed by atoms with Crippen molar-refractivity contribution in [2.75, 3.05) is 0 Å². The molecule has 0 N–H and O–H groups in total. The molecule has 0 saturated carbocycles. The molecule has 7 heteroatoms. The molecule has 0 radical (unpaired) electrons. The average Bonchev–Trinajstić information content (AvgIpc) is 2.37. The molecule has 19 heavy (non-hydrogen) atoms. The summed E-state index contributed by atoms with van der Waals surface area (Å²) in [6.07, 6.45) is 1.28. The van der Waals surface area contributed by atoms with Crippen LogP contribution >= 0.6 is 39.1 Å². The number of pyridine rings is 1. The molecule has 1 atom stereocenters. The van der Waals surface area contributed by atoms with Crippen molar-refractivity contribution in [3.05, 3.63) is 62.6 Å². The monoisotopic (exact) mass is 369 g/mol. The van der Waals surface area contributed by atoms with E-state index in [4.69, 9.17) is 23.2 Å². The van der Waals surface area contributed by atoms with E-state index in [1.165, 1.54) is 12.3 Å². The van der Waals surface area contributed by atoms with E-state index in [1.54, 1.807) is 0 Å².